The number of hydrogen-bond donors (Lipinski definition) is 0. The maximum absolute atomic E-state index is 11.9. The maximum atomic E-state index is 11.9. The number of aryl methyl sites for hydroxylation is 1. The SMILES string of the molecule is COc1cc(C2CN(C)C(=O)N2C)c(OC)cc1C. The van der Waals surface area contributed by atoms with Gasteiger partial charge in [0.1, 0.15) is 11.5 Å². The van der Waals surface area contributed by atoms with E-state index in [-0.39, 0.29) is 12.1 Å². The number of benzene rings is 1. The van der Waals surface area contributed by atoms with Crippen molar-refractivity contribution >= 4 is 6.03 Å². The second kappa shape index (κ2) is 4.99. The first-order valence-electron chi connectivity index (χ1n) is 6.20. The van der Waals surface area contributed by atoms with Crippen molar-refractivity contribution in [2.24, 2.45) is 0 Å². The summed E-state index contributed by atoms with van der Waals surface area (Å²) in [6, 6.07) is 3.92. The van der Waals surface area contributed by atoms with E-state index >= 15 is 0 Å². The van der Waals surface area contributed by atoms with E-state index in [9.17, 15) is 4.79 Å². The van der Waals surface area contributed by atoms with E-state index in [4.69, 9.17) is 9.47 Å². The fourth-order valence-corrected chi connectivity index (χ4v) is 2.50. The molecule has 1 saturated heterocycles. The highest BCUT2D eigenvalue weighted by atomic mass is 16.5. The first-order chi connectivity index (χ1) is 8.99. The van der Waals surface area contributed by atoms with Gasteiger partial charge in [-0.2, -0.15) is 0 Å². The second-order valence-corrected chi connectivity index (χ2v) is 4.85. The minimum absolute atomic E-state index is 0.0121. The fraction of sp³-hybridized carbons (Fsp3) is 0.500. The predicted molar refractivity (Wildman–Crippen MR) is 72.8 cm³/mol. The molecular weight excluding hydrogens is 244 g/mol. The van der Waals surface area contributed by atoms with Gasteiger partial charge in [-0.25, -0.2) is 4.79 Å². The summed E-state index contributed by atoms with van der Waals surface area (Å²) >= 11 is 0. The van der Waals surface area contributed by atoms with Crippen molar-refractivity contribution < 1.29 is 14.3 Å². The van der Waals surface area contributed by atoms with Gasteiger partial charge in [-0.05, 0) is 24.6 Å². The molecule has 1 atom stereocenters. The van der Waals surface area contributed by atoms with Crippen LogP contribution in [0.25, 0.3) is 0 Å². The number of urea groups is 1. The normalized spacial score (nSPS) is 19.0. The highest BCUT2D eigenvalue weighted by Crippen LogP contribution is 2.37. The molecule has 1 aliphatic heterocycles. The number of amides is 2. The molecule has 0 saturated carbocycles. The third-order valence-electron chi connectivity index (χ3n) is 3.65. The summed E-state index contributed by atoms with van der Waals surface area (Å²) in [5.74, 6) is 1.60. The number of likely N-dealkylation sites (N-methyl/N-ethyl adjacent to an activating group) is 2. The lowest BCUT2D eigenvalue weighted by Crippen LogP contribution is -2.26. The lowest BCUT2D eigenvalue weighted by atomic mass is 10.0. The molecule has 1 aliphatic rings. The monoisotopic (exact) mass is 264 g/mol. The highest BCUT2D eigenvalue weighted by Gasteiger charge is 2.35. The Balaban J connectivity index is 2.46. The molecule has 1 aromatic carbocycles. The largest absolute Gasteiger partial charge is 0.496 e. The van der Waals surface area contributed by atoms with E-state index in [1.165, 1.54) is 0 Å². The van der Waals surface area contributed by atoms with Crippen molar-refractivity contribution in [3.05, 3.63) is 23.3 Å². The molecule has 0 spiro atoms. The van der Waals surface area contributed by atoms with Crippen molar-refractivity contribution in [1.29, 1.82) is 0 Å². The standard InChI is InChI=1S/C14H20N2O3/c1-9-6-13(19-5)10(7-12(9)18-4)11-8-15(2)14(17)16(11)3/h6-7,11H,8H2,1-5H3. The molecule has 1 fully saturated rings. The molecule has 19 heavy (non-hydrogen) atoms. The maximum Gasteiger partial charge on any atom is 0.320 e. The van der Waals surface area contributed by atoms with Gasteiger partial charge in [-0.15, -0.1) is 0 Å². The summed E-state index contributed by atoms with van der Waals surface area (Å²) in [5.41, 5.74) is 1.99. The van der Waals surface area contributed by atoms with Gasteiger partial charge in [0.05, 0.1) is 20.3 Å². The van der Waals surface area contributed by atoms with Crippen LogP contribution in [0.15, 0.2) is 12.1 Å². The molecule has 104 valence electrons. The van der Waals surface area contributed by atoms with Gasteiger partial charge in [0, 0.05) is 26.2 Å². The molecule has 2 amide bonds. The smallest absolute Gasteiger partial charge is 0.320 e. The minimum Gasteiger partial charge on any atom is -0.496 e. The van der Waals surface area contributed by atoms with Crippen LogP contribution in [0.4, 0.5) is 4.79 Å². The van der Waals surface area contributed by atoms with Gasteiger partial charge in [-0.3, -0.25) is 0 Å². The van der Waals surface area contributed by atoms with Crippen molar-refractivity contribution in [2.45, 2.75) is 13.0 Å². The third kappa shape index (κ3) is 2.20. The highest BCUT2D eigenvalue weighted by molar-refractivity contribution is 5.77. The molecule has 0 bridgehead atoms. The molecule has 0 aromatic heterocycles. The lowest BCUT2D eigenvalue weighted by Gasteiger charge is -2.22. The van der Waals surface area contributed by atoms with Gasteiger partial charge in [-0.1, -0.05) is 0 Å². The van der Waals surface area contributed by atoms with E-state index in [1.807, 2.05) is 26.1 Å². The molecule has 2 rings (SSSR count). The van der Waals surface area contributed by atoms with Gasteiger partial charge in [0.15, 0.2) is 0 Å². The minimum atomic E-state index is -0.0121. The Bertz CT molecular complexity index is 502. The zero-order valence-corrected chi connectivity index (χ0v) is 12.1. The van der Waals surface area contributed by atoms with Crippen LogP contribution in [-0.2, 0) is 0 Å². The number of methoxy groups -OCH3 is 2. The number of ether oxygens (including phenoxy) is 2. The van der Waals surface area contributed by atoms with Crippen molar-refractivity contribution in [3.63, 3.8) is 0 Å². The summed E-state index contributed by atoms with van der Waals surface area (Å²) in [6.07, 6.45) is 0. The Morgan fingerprint density at radius 3 is 2.26 bits per heavy atom. The average Bonchev–Trinajstić information content (AvgIpc) is 2.66. The number of nitrogens with zero attached hydrogens (tertiary/aromatic N) is 2. The Morgan fingerprint density at radius 2 is 1.79 bits per heavy atom. The summed E-state index contributed by atoms with van der Waals surface area (Å²) < 4.78 is 10.8. The Kier molecular flexibility index (Phi) is 3.55. The quantitative estimate of drug-likeness (QED) is 0.839. The van der Waals surface area contributed by atoms with Crippen LogP contribution in [0.2, 0.25) is 0 Å². The third-order valence-corrected chi connectivity index (χ3v) is 3.65. The van der Waals surface area contributed by atoms with Gasteiger partial charge >= 0.3 is 6.03 Å². The molecule has 1 aromatic rings. The van der Waals surface area contributed by atoms with Gasteiger partial charge in [0.25, 0.3) is 0 Å². The number of rotatable bonds is 3. The van der Waals surface area contributed by atoms with Gasteiger partial charge in [0.2, 0.25) is 0 Å². The Morgan fingerprint density at radius 1 is 1.16 bits per heavy atom. The zero-order chi connectivity index (χ0) is 14.2. The van der Waals surface area contributed by atoms with Crippen LogP contribution in [-0.4, -0.2) is 50.7 Å². The predicted octanol–water partition coefficient (Wildman–Crippen LogP) is 2.05. The molecule has 0 N–H and O–H groups in total. The zero-order valence-electron chi connectivity index (χ0n) is 12.1. The molecule has 0 radical (unpaired) electrons. The van der Waals surface area contributed by atoms with Crippen LogP contribution < -0.4 is 9.47 Å². The summed E-state index contributed by atoms with van der Waals surface area (Å²) in [4.78, 5) is 15.3. The van der Waals surface area contributed by atoms with Crippen molar-refractivity contribution in [1.82, 2.24) is 9.80 Å². The molecule has 1 unspecified atom stereocenters. The van der Waals surface area contributed by atoms with E-state index in [1.54, 1.807) is 31.1 Å². The van der Waals surface area contributed by atoms with E-state index in [0.717, 1.165) is 22.6 Å². The average molecular weight is 264 g/mol. The summed E-state index contributed by atoms with van der Waals surface area (Å²) in [7, 11) is 6.90. The topological polar surface area (TPSA) is 42.0 Å². The van der Waals surface area contributed by atoms with Crippen molar-refractivity contribution in [2.75, 3.05) is 34.9 Å². The van der Waals surface area contributed by atoms with Crippen LogP contribution in [0.3, 0.4) is 0 Å². The molecular formula is C14H20N2O3. The van der Waals surface area contributed by atoms with Crippen LogP contribution in [0, 0.1) is 6.92 Å². The molecule has 0 aliphatic carbocycles. The number of carbonyl (C=O) groups is 1. The number of carbonyl (C=O) groups excluding carboxylic acids is 1. The molecule has 1 heterocycles. The van der Waals surface area contributed by atoms with Gasteiger partial charge < -0.3 is 19.3 Å². The summed E-state index contributed by atoms with van der Waals surface area (Å²) in [5, 5.41) is 0. The first kappa shape index (κ1) is 13.5. The lowest BCUT2D eigenvalue weighted by molar-refractivity contribution is 0.201. The molecule has 5 nitrogen and oxygen atoms in total. The van der Waals surface area contributed by atoms with E-state index < -0.39 is 0 Å². The fourth-order valence-electron chi connectivity index (χ4n) is 2.50. The van der Waals surface area contributed by atoms with Crippen LogP contribution in [0.1, 0.15) is 17.2 Å². The Labute approximate surface area is 113 Å². The summed E-state index contributed by atoms with van der Waals surface area (Å²) in [6.45, 7) is 2.62. The Hall–Kier alpha value is -1.91. The van der Waals surface area contributed by atoms with E-state index in [2.05, 4.69) is 0 Å². The van der Waals surface area contributed by atoms with Crippen LogP contribution >= 0.6 is 0 Å². The number of hydrogen-bond acceptors (Lipinski definition) is 3. The van der Waals surface area contributed by atoms with E-state index in [0.29, 0.717) is 6.54 Å². The first-order valence-corrected chi connectivity index (χ1v) is 6.20. The molecule has 5 heteroatoms. The van der Waals surface area contributed by atoms with Crippen LogP contribution in [0.5, 0.6) is 11.5 Å². The second-order valence-electron chi connectivity index (χ2n) is 4.85. The van der Waals surface area contributed by atoms with Crippen molar-refractivity contribution in [3.8, 4) is 11.5 Å².